The molecule has 2 heterocycles. The number of aromatic nitrogens is 2. The Kier molecular flexibility index (Phi) is 2.67. The second-order valence-electron chi connectivity index (χ2n) is 4.53. The molecule has 0 spiro atoms. The van der Waals surface area contributed by atoms with E-state index in [1.807, 2.05) is 24.3 Å². The van der Waals surface area contributed by atoms with E-state index in [2.05, 4.69) is 30.5 Å². The highest BCUT2D eigenvalue weighted by Gasteiger charge is 2.17. The standard InChI is InChI=1S/C15H16N2O/c1-3-11(2)17-13-8-5-4-7-12(13)16-15(17)14-9-6-10-18-14/h4-11H,3H2,1-2H3. The first-order valence-electron chi connectivity index (χ1n) is 6.32. The summed E-state index contributed by atoms with van der Waals surface area (Å²) in [6.07, 6.45) is 2.75. The van der Waals surface area contributed by atoms with E-state index >= 15 is 0 Å². The largest absolute Gasteiger partial charge is 0.461 e. The van der Waals surface area contributed by atoms with Gasteiger partial charge in [0.05, 0.1) is 17.3 Å². The molecule has 18 heavy (non-hydrogen) atoms. The van der Waals surface area contributed by atoms with Crippen molar-refractivity contribution < 1.29 is 4.42 Å². The summed E-state index contributed by atoms with van der Waals surface area (Å²) in [5.41, 5.74) is 2.18. The van der Waals surface area contributed by atoms with Gasteiger partial charge in [-0.3, -0.25) is 0 Å². The molecule has 0 amide bonds. The molecule has 3 aromatic rings. The van der Waals surface area contributed by atoms with Crippen LogP contribution in [-0.2, 0) is 0 Å². The SMILES string of the molecule is CCC(C)n1c(-c2ccco2)nc2ccccc21. The summed E-state index contributed by atoms with van der Waals surface area (Å²) >= 11 is 0. The minimum absolute atomic E-state index is 0.400. The zero-order valence-corrected chi connectivity index (χ0v) is 10.6. The van der Waals surface area contributed by atoms with Gasteiger partial charge in [-0.05, 0) is 37.6 Å². The van der Waals surface area contributed by atoms with Gasteiger partial charge in [0.25, 0.3) is 0 Å². The summed E-state index contributed by atoms with van der Waals surface area (Å²) in [4.78, 5) is 4.69. The molecule has 0 aliphatic rings. The second kappa shape index (κ2) is 4.33. The van der Waals surface area contributed by atoms with Crippen LogP contribution in [-0.4, -0.2) is 9.55 Å². The van der Waals surface area contributed by atoms with Crippen molar-refractivity contribution >= 4 is 11.0 Å². The molecular weight excluding hydrogens is 224 g/mol. The van der Waals surface area contributed by atoms with Crippen LogP contribution in [0.1, 0.15) is 26.3 Å². The molecule has 0 bridgehead atoms. The lowest BCUT2D eigenvalue weighted by Crippen LogP contribution is -2.05. The number of hydrogen-bond acceptors (Lipinski definition) is 2. The highest BCUT2D eigenvalue weighted by atomic mass is 16.3. The molecule has 92 valence electrons. The quantitative estimate of drug-likeness (QED) is 0.684. The van der Waals surface area contributed by atoms with Gasteiger partial charge in [0.2, 0.25) is 0 Å². The summed E-state index contributed by atoms with van der Waals surface area (Å²) in [6.45, 7) is 4.39. The molecule has 0 aliphatic heterocycles. The van der Waals surface area contributed by atoms with E-state index in [1.54, 1.807) is 6.26 Å². The third-order valence-corrected chi connectivity index (χ3v) is 3.37. The topological polar surface area (TPSA) is 31.0 Å². The first-order chi connectivity index (χ1) is 8.81. The zero-order chi connectivity index (χ0) is 12.5. The fourth-order valence-electron chi connectivity index (χ4n) is 2.25. The van der Waals surface area contributed by atoms with Crippen molar-refractivity contribution in [2.45, 2.75) is 26.3 Å². The fourth-order valence-corrected chi connectivity index (χ4v) is 2.25. The van der Waals surface area contributed by atoms with Crippen LogP contribution in [0.2, 0.25) is 0 Å². The number of nitrogens with zero attached hydrogens (tertiary/aromatic N) is 2. The summed E-state index contributed by atoms with van der Waals surface area (Å²) in [7, 11) is 0. The van der Waals surface area contributed by atoms with Crippen molar-refractivity contribution in [3.05, 3.63) is 42.7 Å². The Balaban J connectivity index is 2.30. The first kappa shape index (κ1) is 11.1. The van der Waals surface area contributed by atoms with E-state index in [1.165, 1.54) is 5.52 Å². The number of hydrogen-bond donors (Lipinski definition) is 0. The van der Waals surface area contributed by atoms with Crippen molar-refractivity contribution in [2.75, 3.05) is 0 Å². The summed E-state index contributed by atoms with van der Waals surface area (Å²) in [6, 6.07) is 12.5. The molecule has 0 saturated heterocycles. The zero-order valence-electron chi connectivity index (χ0n) is 10.6. The second-order valence-corrected chi connectivity index (χ2v) is 4.53. The number of fused-ring (bicyclic) bond motifs is 1. The van der Waals surface area contributed by atoms with E-state index in [9.17, 15) is 0 Å². The maximum absolute atomic E-state index is 5.50. The van der Waals surface area contributed by atoms with Crippen LogP contribution >= 0.6 is 0 Å². The minimum atomic E-state index is 0.400. The van der Waals surface area contributed by atoms with Gasteiger partial charge in [-0.25, -0.2) is 4.98 Å². The average molecular weight is 240 g/mol. The van der Waals surface area contributed by atoms with Crippen LogP contribution < -0.4 is 0 Å². The first-order valence-corrected chi connectivity index (χ1v) is 6.32. The van der Waals surface area contributed by atoms with Gasteiger partial charge in [0, 0.05) is 6.04 Å². The number of furan rings is 1. The Morgan fingerprint density at radius 3 is 2.78 bits per heavy atom. The highest BCUT2D eigenvalue weighted by Crippen LogP contribution is 2.29. The van der Waals surface area contributed by atoms with Crippen LogP contribution in [0, 0.1) is 0 Å². The molecule has 1 unspecified atom stereocenters. The maximum Gasteiger partial charge on any atom is 0.177 e. The van der Waals surface area contributed by atoms with Crippen LogP contribution in [0.15, 0.2) is 47.1 Å². The summed E-state index contributed by atoms with van der Waals surface area (Å²) in [5, 5.41) is 0. The number of para-hydroxylation sites is 2. The molecule has 3 rings (SSSR count). The lowest BCUT2D eigenvalue weighted by molar-refractivity contribution is 0.527. The molecule has 1 atom stereocenters. The Hall–Kier alpha value is -2.03. The number of rotatable bonds is 3. The average Bonchev–Trinajstić information content (AvgIpc) is 3.04. The smallest absolute Gasteiger partial charge is 0.177 e. The van der Waals surface area contributed by atoms with E-state index in [0.717, 1.165) is 23.5 Å². The van der Waals surface area contributed by atoms with E-state index in [-0.39, 0.29) is 0 Å². The summed E-state index contributed by atoms with van der Waals surface area (Å²) in [5.74, 6) is 1.74. The molecule has 1 aromatic carbocycles. The van der Waals surface area contributed by atoms with Gasteiger partial charge in [0.1, 0.15) is 0 Å². The van der Waals surface area contributed by atoms with Crippen molar-refractivity contribution in [2.24, 2.45) is 0 Å². The Morgan fingerprint density at radius 1 is 1.22 bits per heavy atom. The molecule has 3 nitrogen and oxygen atoms in total. The molecule has 0 fully saturated rings. The van der Waals surface area contributed by atoms with Gasteiger partial charge >= 0.3 is 0 Å². The van der Waals surface area contributed by atoms with Gasteiger partial charge in [-0.2, -0.15) is 0 Å². The lowest BCUT2D eigenvalue weighted by Gasteiger charge is -2.14. The Labute approximate surface area is 106 Å². The third kappa shape index (κ3) is 1.63. The molecule has 3 heteroatoms. The molecule has 0 radical (unpaired) electrons. The van der Waals surface area contributed by atoms with Crippen LogP contribution in [0.4, 0.5) is 0 Å². The fraction of sp³-hybridized carbons (Fsp3) is 0.267. The molecule has 0 saturated carbocycles. The lowest BCUT2D eigenvalue weighted by atomic mass is 10.2. The Morgan fingerprint density at radius 2 is 2.06 bits per heavy atom. The maximum atomic E-state index is 5.50. The van der Waals surface area contributed by atoms with Crippen molar-refractivity contribution in [3.63, 3.8) is 0 Å². The monoisotopic (exact) mass is 240 g/mol. The molecular formula is C15H16N2O. The molecule has 0 N–H and O–H groups in total. The van der Waals surface area contributed by atoms with Crippen molar-refractivity contribution in [3.8, 4) is 11.6 Å². The molecule has 2 aromatic heterocycles. The molecule has 0 aliphatic carbocycles. The van der Waals surface area contributed by atoms with Crippen molar-refractivity contribution in [1.82, 2.24) is 9.55 Å². The normalized spacial score (nSPS) is 13.0. The van der Waals surface area contributed by atoms with Gasteiger partial charge in [-0.1, -0.05) is 19.1 Å². The van der Waals surface area contributed by atoms with Crippen molar-refractivity contribution in [1.29, 1.82) is 0 Å². The number of benzene rings is 1. The van der Waals surface area contributed by atoms with Crippen LogP contribution in [0.5, 0.6) is 0 Å². The van der Waals surface area contributed by atoms with Gasteiger partial charge in [0.15, 0.2) is 11.6 Å². The highest BCUT2D eigenvalue weighted by molar-refractivity contribution is 5.79. The van der Waals surface area contributed by atoms with E-state index < -0.39 is 0 Å². The Bertz CT molecular complexity index is 652. The predicted molar refractivity (Wildman–Crippen MR) is 72.4 cm³/mol. The van der Waals surface area contributed by atoms with Gasteiger partial charge < -0.3 is 8.98 Å². The third-order valence-electron chi connectivity index (χ3n) is 3.37. The van der Waals surface area contributed by atoms with E-state index in [4.69, 9.17) is 9.40 Å². The predicted octanol–water partition coefficient (Wildman–Crippen LogP) is 4.27. The van der Waals surface area contributed by atoms with E-state index in [0.29, 0.717) is 6.04 Å². The summed E-state index contributed by atoms with van der Waals surface area (Å²) < 4.78 is 7.76. The van der Waals surface area contributed by atoms with Gasteiger partial charge in [-0.15, -0.1) is 0 Å². The van der Waals surface area contributed by atoms with Crippen LogP contribution in [0.25, 0.3) is 22.6 Å². The minimum Gasteiger partial charge on any atom is -0.461 e. The number of imidazole rings is 1. The van der Waals surface area contributed by atoms with Crippen LogP contribution in [0.3, 0.4) is 0 Å².